The zero-order valence-electron chi connectivity index (χ0n) is 16.8. The molecule has 3 aromatic rings. The van der Waals surface area contributed by atoms with Crippen LogP contribution >= 0.6 is 0 Å². The van der Waals surface area contributed by atoms with Gasteiger partial charge in [0, 0.05) is 37.9 Å². The Morgan fingerprint density at radius 3 is 2.28 bits per heavy atom. The Balaban J connectivity index is 1.71. The first-order valence-electron chi connectivity index (χ1n) is 9.99. The van der Waals surface area contributed by atoms with Crippen LogP contribution in [0.4, 0.5) is 4.39 Å². The average molecular weight is 392 g/mol. The van der Waals surface area contributed by atoms with Crippen molar-refractivity contribution in [2.75, 3.05) is 32.7 Å². The molecule has 150 valence electrons. The van der Waals surface area contributed by atoms with E-state index in [0.29, 0.717) is 24.3 Å². The highest BCUT2D eigenvalue weighted by molar-refractivity contribution is 6.00. The predicted octanol–water partition coefficient (Wildman–Crippen LogP) is 3.76. The monoisotopic (exact) mass is 392 g/mol. The quantitative estimate of drug-likeness (QED) is 0.679. The molecule has 0 N–H and O–H groups in total. The Morgan fingerprint density at radius 2 is 1.66 bits per heavy atom. The maximum absolute atomic E-state index is 13.3. The molecule has 29 heavy (non-hydrogen) atoms. The molecule has 1 aromatic heterocycles. The summed E-state index contributed by atoms with van der Waals surface area (Å²) in [6, 6.07) is 14.1. The molecule has 2 aromatic carbocycles. The minimum Gasteiger partial charge on any atom is -0.336 e. The molecule has 6 heteroatoms. The SMILES string of the molecule is CCN1CCN(C(=O)c2cn(-c3ccc(F)cc3)nc2-c2ccc(C)cc2)CC1. The van der Waals surface area contributed by atoms with Gasteiger partial charge in [0.2, 0.25) is 0 Å². The van der Waals surface area contributed by atoms with Gasteiger partial charge in [0.25, 0.3) is 5.91 Å². The third-order valence-electron chi connectivity index (χ3n) is 5.47. The van der Waals surface area contributed by atoms with Crippen LogP contribution in [0.25, 0.3) is 16.9 Å². The third kappa shape index (κ3) is 4.07. The number of hydrogen-bond donors (Lipinski definition) is 0. The van der Waals surface area contributed by atoms with Crippen LogP contribution in [0.1, 0.15) is 22.8 Å². The van der Waals surface area contributed by atoms with Crippen LogP contribution in [0, 0.1) is 12.7 Å². The van der Waals surface area contributed by atoms with Gasteiger partial charge >= 0.3 is 0 Å². The van der Waals surface area contributed by atoms with Crippen LogP contribution < -0.4 is 0 Å². The number of halogens is 1. The van der Waals surface area contributed by atoms with E-state index in [0.717, 1.165) is 36.4 Å². The normalized spacial score (nSPS) is 14.9. The first kappa shape index (κ1) is 19.3. The summed E-state index contributed by atoms with van der Waals surface area (Å²) in [4.78, 5) is 17.6. The zero-order chi connectivity index (χ0) is 20.4. The van der Waals surface area contributed by atoms with E-state index in [-0.39, 0.29) is 11.7 Å². The Bertz CT molecular complexity index is 987. The van der Waals surface area contributed by atoms with E-state index < -0.39 is 0 Å². The number of piperazine rings is 1. The van der Waals surface area contributed by atoms with Crippen molar-refractivity contribution in [3.63, 3.8) is 0 Å². The fourth-order valence-electron chi connectivity index (χ4n) is 3.62. The summed E-state index contributed by atoms with van der Waals surface area (Å²) in [5.74, 6) is -0.311. The number of carbonyl (C=O) groups excluding carboxylic acids is 1. The van der Waals surface area contributed by atoms with E-state index in [1.807, 2.05) is 36.1 Å². The van der Waals surface area contributed by atoms with E-state index >= 15 is 0 Å². The lowest BCUT2D eigenvalue weighted by Crippen LogP contribution is -2.48. The van der Waals surface area contributed by atoms with E-state index in [1.165, 1.54) is 12.1 Å². The van der Waals surface area contributed by atoms with Gasteiger partial charge < -0.3 is 9.80 Å². The van der Waals surface area contributed by atoms with Gasteiger partial charge in [-0.25, -0.2) is 9.07 Å². The molecule has 1 aliphatic rings. The van der Waals surface area contributed by atoms with Crippen LogP contribution in [0.3, 0.4) is 0 Å². The maximum atomic E-state index is 13.3. The second-order valence-corrected chi connectivity index (χ2v) is 7.40. The number of aromatic nitrogens is 2. The van der Waals surface area contributed by atoms with Crippen LogP contribution in [0.15, 0.2) is 54.7 Å². The van der Waals surface area contributed by atoms with E-state index in [1.54, 1.807) is 23.0 Å². The summed E-state index contributed by atoms with van der Waals surface area (Å²) in [6.45, 7) is 8.35. The van der Waals surface area contributed by atoms with Crippen molar-refractivity contribution in [3.8, 4) is 16.9 Å². The molecule has 0 saturated carbocycles. The Labute approximate surface area is 170 Å². The lowest BCUT2D eigenvalue weighted by atomic mass is 10.1. The fraction of sp³-hybridized carbons (Fsp3) is 0.304. The fourth-order valence-corrected chi connectivity index (χ4v) is 3.62. The van der Waals surface area contributed by atoms with Crippen LogP contribution in [0.2, 0.25) is 0 Å². The number of nitrogens with zero attached hydrogens (tertiary/aromatic N) is 4. The van der Waals surface area contributed by atoms with Crippen molar-refractivity contribution in [3.05, 3.63) is 71.7 Å². The Kier molecular flexibility index (Phi) is 5.45. The predicted molar refractivity (Wildman–Crippen MR) is 112 cm³/mol. The maximum Gasteiger partial charge on any atom is 0.257 e. The summed E-state index contributed by atoms with van der Waals surface area (Å²) in [6.07, 6.45) is 1.76. The molecular weight excluding hydrogens is 367 g/mol. The van der Waals surface area contributed by atoms with Crippen molar-refractivity contribution in [2.24, 2.45) is 0 Å². The van der Waals surface area contributed by atoms with Crippen molar-refractivity contribution in [1.29, 1.82) is 0 Å². The molecule has 0 unspecified atom stereocenters. The molecule has 4 rings (SSSR count). The van der Waals surface area contributed by atoms with Crippen LogP contribution in [-0.4, -0.2) is 58.2 Å². The minimum absolute atomic E-state index is 0.00955. The van der Waals surface area contributed by atoms with Gasteiger partial charge in [-0.1, -0.05) is 36.8 Å². The molecule has 0 bridgehead atoms. The topological polar surface area (TPSA) is 41.4 Å². The largest absolute Gasteiger partial charge is 0.336 e. The highest BCUT2D eigenvalue weighted by Gasteiger charge is 2.26. The van der Waals surface area contributed by atoms with Crippen LogP contribution in [0.5, 0.6) is 0 Å². The number of amides is 1. The molecular formula is C23H25FN4O. The molecule has 1 fully saturated rings. The summed E-state index contributed by atoms with van der Waals surface area (Å²) in [5.41, 5.74) is 3.98. The number of carbonyl (C=O) groups is 1. The van der Waals surface area contributed by atoms with Gasteiger partial charge in [0.05, 0.1) is 11.3 Å². The standard InChI is InChI=1S/C23H25FN4O/c1-3-26-12-14-27(15-13-26)23(29)21-16-28(20-10-8-19(24)9-11-20)25-22(21)18-6-4-17(2)5-7-18/h4-11,16H,3,12-15H2,1-2H3. The lowest BCUT2D eigenvalue weighted by Gasteiger charge is -2.34. The van der Waals surface area contributed by atoms with E-state index in [4.69, 9.17) is 5.10 Å². The van der Waals surface area contributed by atoms with Crippen molar-refractivity contribution >= 4 is 5.91 Å². The second-order valence-electron chi connectivity index (χ2n) is 7.40. The van der Waals surface area contributed by atoms with E-state index in [9.17, 15) is 9.18 Å². The summed E-state index contributed by atoms with van der Waals surface area (Å²) in [5, 5.41) is 4.69. The molecule has 0 radical (unpaired) electrons. The number of aryl methyl sites for hydroxylation is 1. The molecule has 1 saturated heterocycles. The number of benzene rings is 2. The summed E-state index contributed by atoms with van der Waals surface area (Å²) in [7, 11) is 0. The minimum atomic E-state index is -0.301. The van der Waals surface area contributed by atoms with Gasteiger partial charge in [-0.3, -0.25) is 4.79 Å². The molecule has 1 aliphatic heterocycles. The van der Waals surface area contributed by atoms with Gasteiger partial charge in [-0.2, -0.15) is 5.10 Å². The number of likely N-dealkylation sites (N-methyl/N-ethyl adjacent to an activating group) is 1. The lowest BCUT2D eigenvalue weighted by molar-refractivity contribution is 0.0644. The summed E-state index contributed by atoms with van der Waals surface area (Å²) < 4.78 is 15.0. The van der Waals surface area contributed by atoms with Gasteiger partial charge in [-0.05, 0) is 37.7 Å². The number of hydrogen-bond acceptors (Lipinski definition) is 3. The first-order valence-corrected chi connectivity index (χ1v) is 9.99. The van der Waals surface area contributed by atoms with Crippen molar-refractivity contribution in [2.45, 2.75) is 13.8 Å². The highest BCUT2D eigenvalue weighted by atomic mass is 19.1. The molecule has 0 aliphatic carbocycles. The summed E-state index contributed by atoms with van der Waals surface area (Å²) >= 11 is 0. The molecule has 0 spiro atoms. The molecule has 1 amide bonds. The number of rotatable bonds is 4. The smallest absolute Gasteiger partial charge is 0.257 e. The first-order chi connectivity index (χ1) is 14.0. The van der Waals surface area contributed by atoms with Crippen LogP contribution in [-0.2, 0) is 0 Å². The molecule has 2 heterocycles. The molecule has 0 atom stereocenters. The van der Waals surface area contributed by atoms with Gasteiger partial charge in [0.15, 0.2) is 0 Å². The Hall–Kier alpha value is -2.99. The highest BCUT2D eigenvalue weighted by Crippen LogP contribution is 2.26. The van der Waals surface area contributed by atoms with Crippen molar-refractivity contribution < 1.29 is 9.18 Å². The molecule has 5 nitrogen and oxygen atoms in total. The average Bonchev–Trinajstić information content (AvgIpc) is 3.19. The Morgan fingerprint density at radius 1 is 1.00 bits per heavy atom. The van der Waals surface area contributed by atoms with Gasteiger partial charge in [0.1, 0.15) is 11.5 Å². The van der Waals surface area contributed by atoms with E-state index in [2.05, 4.69) is 11.8 Å². The van der Waals surface area contributed by atoms with Gasteiger partial charge in [-0.15, -0.1) is 0 Å². The second kappa shape index (κ2) is 8.17. The third-order valence-corrected chi connectivity index (χ3v) is 5.47. The zero-order valence-corrected chi connectivity index (χ0v) is 16.8. The van der Waals surface area contributed by atoms with Crippen molar-refractivity contribution in [1.82, 2.24) is 19.6 Å².